The van der Waals surface area contributed by atoms with Gasteiger partial charge in [-0.05, 0) is 43.7 Å². The molecule has 0 spiro atoms. The zero-order valence-corrected chi connectivity index (χ0v) is 12.1. The summed E-state index contributed by atoms with van der Waals surface area (Å²) in [5.41, 5.74) is 4.33. The van der Waals surface area contributed by atoms with E-state index in [0.717, 1.165) is 11.3 Å². The molecule has 0 saturated carbocycles. The molecule has 0 fully saturated rings. The largest absolute Gasteiger partial charge is 0.394 e. The van der Waals surface area contributed by atoms with E-state index in [1.165, 1.54) is 18.3 Å². The number of rotatable bonds is 4. The predicted molar refractivity (Wildman–Crippen MR) is 78.9 cm³/mol. The highest BCUT2D eigenvalue weighted by Crippen LogP contribution is 2.19. The summed E-state index contributed by atoms with van der Waals surface area (Å²) < 4.78 is 2.16. The van der Waals surface area contributed by atoms with Gasteiger partial charge in [0.1, 0.15) is 0 Å². The molecule has 4 nitrogen and oxygen atoms in total. The highest BCUT2D eigenvalue weighted by Gasteiger charge is 2.11. The maximum absolute atomic E-state index is 11.1. The Hall–Kier alpha value is -2.07. The van der Waals surface area contributed by atoms with Crippen LogP contribution in [0.1, 0.15) is 29.9 Å². The van der Waals surface area contributed by atoms with Gasteiger partial charge >= 0.3 is 0 Å². The van der Waals surface area contributed by atoms with Crippen molar-refractivity contribution in [1.29, 1.82) is 0 Å². The third-order valence-electron chi connectivity index (χ3n) is 3.38. The third kappa shape index (κ3) is 2.91. The van der Waals surface area contributed by atoms with E-state index in [0.29, 0.717) is 0 Å². The number of amides is 1. The average molecular weight is 272 g/mol. The number of aliphatic hydroxyl groups is 1. The number of carbonyl (C=O) groups excluding carboxylic acids is 1. The number of nitrogens with one attached hydrogen (secondary N) is 1. The zero-order valence-electron chi connectivity index (χ0n) is 12.1. The summed E-state index contributed by atoms with van der Waals surface area (Å²) in [6.07, 6.45) is 0. The number of aromatic nitrogens is 1. The number of benzene rings is 1. The molecule has 0 radical (unpaired) electrons. The molecule has 0 aliphatic rings. The van der Waals surface area contributed by atoms with Crippen LogP contribution < -0.4 is 5.32 Å². The lowest BCUT2D eigenvalue weighted by Gasteiger charge is -2.17. The molecule has 0 bridgehead atoms. The molecule has 1 unspecified atom stereocenters. The summed E-state index contributed by atoms with van der Waals surface area (Å²) in [6, 6.07) is 11.7. The molecule has 106 valence electrons. The standard InChI is InChI=1S/C16H20N2O2/c1-11-4-5-12(2)18(11)15-8-6-14(7-9-15)16(10-19)17-13(3)20/h4-9,16,19H,10H2,1-3H3,(H,17,20). The van der Waals surface area contributed by atoms with Crippen molar-refractivity contribution in [2.24, 2.45) is 0 Å². The Kier molecular flexibility index (Phi) is 4.25. The molecule has 1 aromatic heterocycles. The van der Waals surface area contributed by atoms with Gasteiger partial charge in [-0.15, -0.1) is 0 Å². The highest BCUT2D eigenvalue weighted by molar-refractivity contribution is 5.73. The van der Waals surface area contributed by atoms with E-state index < -0.39 is 0 Å². The molecule has 1 amide bonds. The van der Waals surface area contributed by atoms with Crippen LogP contribution in [-0.4, -0.2) is 22.2 Å². The van der Waals surface area contributed by atoms with Crippen LogP contribution in [0.25, 0.3) is 5.69 Å². The molecule has 4 heteroatoms. The normalized spacial score (nSPS) is 12.2. The molecule has 0 saturated heterocycles. The van der Waals surface area contributed by atoms with E-state index in [1.54, 1.807) is 0 Å². The molecule has 1 aromatic carbocycles. The second-order valence-corrected chi connectivity index (χ2v) is 4.98. The molecule has 0 aliphatic heterocycles. The van der Waals surface area contributed by atoms with Crippen molar-refractivity contribution in [3.05, 3.63) is 53.3 Å². The highest BCUT2D eigenvalue weighted by atomic mass is 16.3. The van der Waals surface area contributed by atoms with Crippen LogP contribution in [0.5, 0.6) is 0 Å². The minimum atomic E-state index is -0.353. The van der Waals surface area contributed by atoms with Gasteiger partial charge < -0.3 is 15.0 Å². The first kappa shape index (κ1) is 14.3. The Morgan fingerprint density at radius 1 is 1.15 bits per heavy atom. The van der Waals surface area contributed by atoms with Gasteiger partial charge in [-0.25, -0.2) is 0 Å². The molecule has 1 atom stereocenters. The van der Waals surface area contributed by atoms with E-state index in [-0.39, 0.29) is 18.6 Å². The van der Waals surface area contributed by atoms with Gasteiger partial charge in [0, 0.05) is 24.0 Å². The van der Waals surface area contributed by atoms with E-state index >= 15 is 0 Å². The van der Waals surface area contributed by atoms with Crippen molar-refractivity contribution in [2.75, 3.05) is 6.61 Å². The summed E-state index contributed by atoms with van der Waals surface area (Å²) in [5.74, 6) is -0.148. The molecule has 2 aromatic rings. The van der Waals surface area contributed by atoms with E-state index in [4.69, 9.17) is 0 Å². The van der Waals surface area contributed by atoms with Crippen molar-refractivity contribution in [3.63, 3.8) is 0 Å². The Labute approximate surface area is 119 Å². The van der Waals surface area contributed by atoms with Crippen molar-refractivity contribution < 1.29 is 9.90 Å². The second kappa shape index (κ2) is 5.92. The number of carbonyl (C=O) groups is 1. The van der Waals surface area contributed by atoms with Gasteiger partial charge in [0.2, 0.25) is 5.91 Å². The SMILES string of the molecule is CC(=O)NC(CO)c1ccc(-n2c(C)ccc2C)cc1. The Bertz CT molecular complexity index is 580. The lowest BCUT2D eigenvalue weighted by molar-refractivity contribution is -0.120. The number of hydrogen-bond acceptors (Lipinski definition) is 2. The maximum Gasteiger partial charge on any atom is 0.217 e. The maximum atomic E-state index is 11.1. The van der Waals surface area contributed by atoms with Crippen LogP contribution in [0, 0.1) is 13.8 Å². The van der Waals surface area contributed by atoms with Gasteiger partial charge in [0.15, 0.2) is 0 Å². The summed E-state index contributed by atoms with van der Waals surface area (Å²) in [4.78, 5) is 11.1. The predicted octanol–water partition coefficient (Wildman–Crippen LogP) is 2.26. The van der Waals surface area contributed by atoms with Crippen LogP contribution in [0.15, 0.2) is 36.4 Å². The lowest BCUT2D eigenvalue weighted by Crippen LogP contribution is -2.28. The van der Waals surface area contributed by atoms with Gasteiger partial charge in [-0.2, -0.15) is 0 Å². The minimum absolute atomic E-state index is 0.111. The minimum Gasteiger partial charge on any atom is -0.394 e. The molecular formula is C16H20N2O2. The fraction of sp³-hybridized carbons (Fsp3) is 0.312. The fourth-order valence-electron chi connectivity index (χ4n) is 2.41. The fourth-order valence-corrected chi connectivity index (χ4v) is 2.41. The van der Waals surface area contributed by atoms with E-state index in [1.807, 2.05) is 24.3 Å². The molecule has 2 rings (SSSR count). The van der Waals surface area contributed by atoms with E-state index in [2.05, 4.69) is 35.9 Å². The quantitative estimate of drug-likeness (QED) is 0.897. The summed E-state index contributed by atoms with van der Waals surface area (Å²) >= 11 is 0. The van der Waals surface area contributed by atoms with Gasteiger partial charge in [0.05, 0.1) is 12.6 Å². The molecule has 20 heavy (non-hydrogen) atoms. The third-order valence-corrected chi connectivity index (χ3v) is 3.38. The van der Waals surface area contributed by atoms with Gasteiger partial charge in [-0.3, -0.25) is 4.79 Å². The van der Waals surface area contributed by atoms with Gasteiger partial charge in [-0.1, -0.05) is 12.1 Å². The smallest absolute Gasteiger partial charge is 0.217 e. The monoisotopic (exact) mass is 272 g/mol. The number of hydrogen-bond donors (Lipinski definition) is 2. The number of aliphatic hydroxyl groups excluding tert-OH is 1. The summed E-state index contributed by atoms with van der Waals surface area (Å²) in [7, 11) is 0. The Morgan fingerprint density at radius 2 is 1.70 bits per heavy atom. The number of aryl methyl sites for hydroxylation is 2. The van der Waals surface area contributed by atoms with Crippen molar-refractivity contribution in [3.8, 4) is 5.69 Å². The Balaban J connectivity index is 2.28. The van der Waals surface area contributed by atoms with Crippen molar-refractivity contribution >= 4 is 5.91 Å². The molecule has 2 N–H and O–H groups in total. The molecule has 1 heterocycles. The lowest BCUT2D eigenvalue weighted by atomic mass is 10.1. The van der Waals surface area contributed by atoms with E-state index in [9.17, 15) is 9.90 Å². The first-order valence-electron chi connectivity index (χ1n) is 6.66. The first-order valence-corrected chi connectivity index (χ1v) is 6.66. The van der Waals surface area contributed by atoms with Crippen LogP contribution in [0.4, 0.5) is 0 Å². The zero-order chi connectivity index (χ0) is 14.7. The average Bonchev–Trinajstić information content (AvgIpc) is 2.76. The van der Waals surface area contributed by atoms with Crippen LogP contribution in [0.3, 0.4) is 0 Å². The van der Waals surface area contributed by atoms with Crippen LogP contribution in [-0.2, 0) is 4.79 Å². The first-order chi connectivity index (χ1) is 9.52. The summed E-state index contributed by atoms with van der Waals surface area (Å²) in [6.45, 7) is 5.47. The van der Waals surface area contributed by atoms with Crippen LogP contribution in [0.2, 0.25) is 0 Å². The topological polar surface area (TPSA) is 54.3 Å². The van der Waals surface area contributed by atoms with Crippen molar-refractivity contribution in [2.45, 2.75) is 26.8 Å². The Morgan fingerprint density at radius 3 is 2.15 bits per heavy atom. The van der Waals surface area contributed by atoms with Crippen molar-refractivity contribution in [1.82, 2.24) is 9.88 Å². The molecular weight excluding hydrogens is 252 g/mol. The summed E-state index contributed by atoms with van der Waals surface area (Å²) in [5, 5.41) is 12.1. The van der Waals surface area contributed by atoms with Crippen LogP contribution >= 0.6 is 0 Å². The molecule has 0 aliphatic carbocycles. The number of nitrogens with zero attached hydrogens (tertiary/aromatic N) is 1. The second-order valence-electron chi connectivity index (χ2n) is 4.98. The van der Waals surface area contributed by atoms with Gasteiger partial charge in [0.25, 0.3) is 0 Å².